The van der Waals surface area contributed by atoms with Crippen molar-refractivity contribution in [2.45, 2.75) is 38.5 Å². The first kappa shape index (κ1) is 21.3. The summed E-state index contributed by atoms with van der Waals surface area (Å²) in [5.74, 6) is -1.50. The summed E-state index contributed by atoms with van der Waals surface area (Å²) >= 11 is 0. The van der Waals surface area contributed by atoms with Crippen molar-refractivity contribution in [2.75, 3.05) is 0 Å². The van der Waals surface area contributed by atoms with Crippen LogP contribution in [0, 0.1) is 59.6 Å². The van der Waals surface area contributed by atoms with E-state index in [4.69, 9.17) is 0 Å². The van der Waals surface area contributed by atoms with Gasteiger partial charge in [-0.1, -0.05) is 17.9 Å². The average molecular weight is 432 g/mol. The highest BCUT2D eigenvalue weighted by Gasteiger charge is 2.24. The largest absolute Gasteiger partial charge is 0.206 e. The Bertz CT molecular complexity index is 1200. The van der Waals surface area contributed by atoms with Crippen LogP contribution in [-0.4, -0.2) is 0 Å². The SMILES string of the molecule is Cc1cc(F)c(C#CC2CCC(c3cc(F)c4c(F)c(F)c(F)cc4c3)CC2)c(F)c1. The van der Waals surface area contributed by atoms with Crippen LogP contribution in [-0.2, 0) is 0 Å². The van der Waals surface area contributed by atoms with Gasteiger partial charge in [0.05, 0.1) is 10.9 Å². The van der Waals surface area contributed by atoms with E-state index in [-0.39, 0.29) is 22.8 Å². The van der Waals surface area contributed by atoms with Crippen molar-refractivity contribution in [3.63, 3.8) is 0 Å². The van der Waals surface area contributed by atoms with Gasteiger partial charge in [-0.2, -0.15) is 0 Å². The number of halogens is 6. The van der Waals surface area contributed by atoms with E-state index in [9.17, 15) is 26.3 Å². The molecule has 3 aromatic rings. The third kappa shape index (κ3) is 4.14. The molecular formula is C25H18F6. The minimum absolute atomic E-state index is 0.0290. The molecule has 160 valence electrons. The van der Waals surface area contributed by atoms with Gasteiger partial charge in [0.15, 0.2) is 17.5 Å². The fourth-order valence-corrected chi connectivity index (χ4v) is 4.21. The second-order valence-corrected chi connectivity index (χ2v) is 8.01. The minimum atomic E-state index is -1.69. The molecule has 1 aliphatic rings. The summed E-state index contributed by atoms with van der Waals surface area (Å²) in [6.07, 6.45) is 2.54. The van der Waals surface area contributed by atoms with Gasteiger partial charge in [0.1, 0.15) is 17.5 Å². The smallest absolute Gasteiger partial charge is 0.195 e. The molecule has 0 unspecified atom stereocenters. The summed E-state index contributed by atoms with van der Waals surface area (Å²) in [7, 11) is 0. The average Bonchev–Trinajstić information content (AvgIpc) is 2.71. The van der Waals surface area contributed by atoms with Gasteiger partial charge in [0.25, 0.3) is 0 Å². The molecule has 4 rings (SSSR count). The van der Waals surface area contributed by atoms with Crippen molar-refractivity contribution >= 4 is 10.8 Å². The summed E-state index contributed by atoms with van der Waals surface area (Å²) in [6.45, 7) is 1.60. The van der Waals surface area contributed by atoms with Crippen LogP contribution in [0.1, 0.15) is 48.3 Å². The lowest BCUT2D eigenvalue weighted by molar-refractivity contribution is 0.384. The Labute approximate surface area is 175 Å². The molecule has 1 saturated carbocycles. The standard InChI is InChI=1S/C25H18F6/c1-13-8-19(26)18(20(27)9-13)7-4-14-2-5-15(6-3-14)16-10-17-12-22(29)24(30)25(31)23(17)21(28)11-16/h8-12,14-15H,2-3,5-6H2,1H3. The van der Waals surface area contributed by atoms with Crippen LogP contribution in [0.2, 0.25) is 0 Å². The van der Waals surface area contributed by atoms with Crippen LogP contribution in [0.4, 0.5) is 26.3 Å². The van der Waals surface area contributed by atoms with E-state index in [1.54, 1.807) is 6.92 Å². The maximum atomic E-state index is 14.4. The first-order valence-electron chi connectivity index (χ1n) is 9.98. The van der Waals surface area contributed by atoms with Gasteiger partial charge in [-0.15, -0.1) is 0 Å². The van der Waals surface area contributed by atoms with Crippen molar-refractivity contribution < 1.29 is 26.3 Å². The molecule has 0 nitrogen and oxygen atoms in total. The third-order valence-electron chi connectivity index (χ3n) is 5.83. The van der Waals surface area contributed by atoms with Crippen LogP contribution in [0.3, 0.4) is 0 Å². The van der Waals surface area contributed by atoms with Gasteiger partial charge in [-0.25, -0.2) is 26.3 Å². The summed E-state index contributed by atoms with van der Waals surface area (Å²) < 4.78 is 83.2. The first-order chi connectivity index (χ1) is 14.7. The van der Waals surface area contributed by atoms with E-state index >= 15 is 0 Å². The first-order valence-corrected chi connectivity index (χ1v) is 9.98. The Hall–Kier alpha value is -2.94. The van der Waals surface area contributed by atoms with E-state index in [0.717, 1.165) is 12.1 Å². The second kappa shape index (κ2) is 8.30. The van der Waals surface area contributed by atoms with Crippen molar-refractivity contribution in [3.05, 3.63) is 81.9 Å². The molecule has 31 heavy (non-hydrogen) atoms. The highest BCUT2D eigenvalue weighted by molar-refractivity contribution is 5.84. The molecule has 6 heteroatoms. The Balaban J connectivity index is 1.52. The molecule has 0 atom stereocenters. The zero-order valence-electron chi connectivity index (χ0n) is 16.6. The molecule has 1 aliphatic carbocycles. The van der Waals surface area contributed by atoms with Crippen LogP contribution in [0.5, 0.6) is 0 Å². The molecule has 3 aromatic carbocycles. The number of rotatable bonds is 1. The Morgan fingerprint density at radius 3 is 2.00 bits per heavy atom. The molecule has 1 fully saturated rings. The fraction of sp³-hybridized carbons (Fsp3) is 0.280. The molecule has 0 amide bonds. The quantitative estimate of drug-likeness (QED) is 0.215. The van der Waals surface area contributed by atoms with E-state index in [2.05, 4.69) is 11.8 Å². The molecular weight excluding hydrogens is 414 g/mol. The van der Waals surface area contributed by atoms with Gasteiger partial charge in [-0.3, -0.25) is 0 Å². The Morgan fingerprint density at radius 1 is 0.710 bits per heavy atom. The molecule has 0 saturated heterocycles. The highest BCUT2D eigenvalue weighted by atomic mass is 19.2. The minimum Gasteiger partial charge on any atom is -0.206 e. The predicted molar refractivity (Wildman–Crippen MR) is 106 cm³/mol. The van der Waals surface area contributed by atoms with Crippen LogP contribution in [0.15, 0.2) is 30.3 Å². The number of aryl methyl sites for hydroxylation is 1. The van der Waals surface area contributed by atoms with E-state index < -0.39 is 40.3 Å². The van der Waals surface area contributed by atoms with E-state index in [1.165, 1.54) is 18.2 Å². The molecule has 0 spiro atoms. The van der Waals surface area contributed by atoms with Crippen molar-refractivity contribution in [2.24, 2.45) is 5.92 Å². The van der Waals surface area contributed by atoms with Gasteiger partial charge < -0.3 is 0 Å². The molecule has 0 aliphatic heterocycles. The monoisotopic (exact) mass is 432 g/mol. The molecule has 0 N–H and O–H groups in total. The lowest BCUT2D eigenvalue weighted by atomic mass is 9.78. The number of benzene rings is 3. The topological polar surface area (TPSA) is 0 Å². The lowest BCUT2D eigenvalue weighted by Crippen LogP contribution is -2.12. The zero-order valence-corrected chi connectivity index (χ0v) is 16.6. The van der Waals surface area contributed by atoms with E-state index in [1.807, 2.05) is 0 Å². The van der Waals surface area contributed by atoms with E-state index in [0.29, 0.717) is 36.8 Å². The molecule has 0 bridgehead atoms. The lowest BCUT2D eigenvalue weighted by Gasteiger charge is -2.26. The summed E-state index contributed by atoms with van der Waals surface area (Å²) in [5, 5.41) is -0.594. The Morgan fingerprint density at radius 2 is 1.35 bits per heavy atom. The molecule has 0 heterocycles. The van der Waals surface area contributed by atoms with Gasteiger partial charge in [-0.05, 0) is 79.3 Å². The van der Waals surface area contributed by atoms with Gasteiger partial charge in [0.2, 0.25) is 0 Å². The van der Waals surface area contributed by atoms with Crippen molar-refractivity contribution in [3.8, 4) is 11.8 Å². The fourth-order valence-electron chi connectivity index (χ4n) is 4.21. The van der Waals surface area contributed by atoms with Crippen molar-refractivity contribution in [1.82, 2.24) is 0 Å². The summed E-state index contributed by atoms with van der Waals surface area (Å²) in [6, 6.07) is 5.90. The van der Waals surface area contributed by atoms with Gasteiger partial charge in [0, 0.05) is 5.92 Å². The van der Waals surface area contributed by atoms with Crippen LogP contribution >= 0.6 is 0 Å². The predicted octanol–water partition coefficient (Wildman–Crippen LogP) is 7.31. The van der Waals surface area contributed by atoms with Crippen LogP contribution < -0.4 is 0 Å². The second-order valence-electron chi connectivity index (χ2n) is 8.01. The number of hydrogen-bond acceptors (Lipinski definition) is 0. The van der Waals surface area contributed by atoms with Crippen LogP contribution in [0.25, 0.3) is 10.8 Å². The van der Waals surface area contributed by atoms with Gasteiger partial charge >= 0.3 is 0 Å². The maximum absolute atomic E-state index is 14.4. The number of hydrogen-bond donors (Lipinski definition) is 0. The number of fused-ring (bicyclic) bond motifs is 1. The normalized spacial score (nSPS) is 18.7. The van der Waals surface area contributed by atoms with Crippen molar-refractivity contribution in [1.29, 1.82) is 0 Å². The molecule has 0 aromatic heterocycles. The summed E-state index contributed by atoms with van der Waals surface area (Å²) in [4.78, 5) is 0. The maximum Gasteiger partial charge on any atom is 0.195 e. The molecule has 0 radical (unpaired) electrons. The Kier molecular flexibility index (Phi) is 5.70. The third-order valence-corrected chi connectivity index (χ3v) is 5.83. The zero-order chi connectivity index (χ0) is 22.3. The summed E-state index contributed by atoms with van der Waals surface area (Å²) in [5.41, 5.74) is 0.809. The highest BCUT2D eigenvalue weighted by Crippen LogP contribution is 2.38.